The van der Waals surface area contributed by atoms with Crippen molar-refractivity contribution in [3.63, 3.8) is 0 Å². The Morgan fingerprint density at radius 1 is 0.914 bits per heavy atom. The lowest BCUT2D eigenvalue weighted by Crippen LogP contribution is -2.23. The van der Waals surface area contributed by atoms with Crippen LogP contribution in [0.5, 0.6) is 11.5 Å². The van der Waals surface area contributed by atoms with E-state index in [1.54, 1.807) is 56.7 Å². The van der Waals surface area contributed by atoms with E-state index in [0.29, 0.717) is 50.3 Å². The van der Waals surface area contributed by atoms with Gasteiger partial charge in [0.1, 0.15) is 11.5 Å². The molecule has 0 aliphatic heterocycles. The summed E-state index contributed by atoms with van der Waals surface area (Å²) in [5.74, 6) is 7.22. The molecule has 0 fully saturated rings. The van der Waals surface area contributed by atoms with E-state index in [1.165, 1.54) is 0 Å². The molecule has 180 valence electrons. The third-order valence-corrected chi connectivity index (χ3v) is 5.96. The van der Waals surface area contributed by atoms with Crippen molar-refractivity contribution in [2.75, 3.05) is 24.3 Å². The van der Waals surface area contributed by atoms with Crippen LogP contribution < -0.4 is 36.6 Å². The van der Waals surface area contributed by atoms with E-state index in [4.69, 9.17) is 21.1 Å². The maximum Gasteiger partial charge on any atom is 0.182 e. The van der Waals surface area contributed by atoms with Gasteiger partial charge in [0.25, 0.3) is 0 Å². The van der Waals surface area contributed by atoms with Crippen LogP contribution in [0.2, 0.25) is 0 Å². The number of fused-ring (bicyclic) bond motifs is 1. The zero-order chi connectivity index (χ0) is 24.8. The summed E-state index contributed by atoms with van der Waals surface area (Å²) >= 11 is 0. The van der Waals surface area contributed by atoms with Gasteiger partial charge in [0.2, 0.25) is 0 Å². The highest BCUT2D eigenvalue weighted by atomic mass is 32.2. The molecule has 4 rings (SSSR count). The molecule has 1 aromatic heterocycles. The van der Waals surface area contributed by atoms with E-state index in [9.17, 15) is 4.21 Å². The summed E-state index contributed by atoms with van der Waals surface area (Å²) in [6.45, 7) is 0. The summed E-state index contributed by atoms with van der Waals surface area (Å²) in [6, 6.07) is 19.5. The topological polar surface area (TPSA) is 162 Å². The SMILES string of the molecule is COc1cc(Nc2nc3ccccc3nc2NS(=O)c2cccc(/C(N)=N/NN)c2)cc(OC)c1. The normalized spacial score (nSPS) is 12.1. The highest BCUT2D eigenvalue weighted by Gasteiger charge is 2.15. The molecule has 0 amide bonds. The number of anilines is 3. The number of aromatic nitrogens is 2. The van der Waals surface area contributed by atoms with Gasteiger partial charge in [-0.25, -0.2) is 25.6 Å². The van der Waals surface area contributed by atoms with Gasteiger partial charge in [0.05, 0.1) is 30.1 Å². The van der Waals surface area contributed by atoms with E-state index >= 15 is 0 Å². The number of para-hydroxylation sites is 2. The average Bonchev–Trinajstić information content (AvgIpc) is 2.88. The number of hydrazine groups is 1. The second-order valence-corrected chi connectivity index (χ2v) is 8.37. The van der Waals surface area contributed by atoms with Crippen LogP contribution in [0.25, 0.3) is 11.0 Å². The van der Waals surface area contributed by atoms with Crippen molar-refractivity contribution in [1.29, 1.82) is 0 Å². The van der Waals surface area contributed by atoms with Gasteiger partial charge >= 0.3 is 0 Å². The molecule has 35 heavy (non-hydrogen) atoms. The molecule has 0 aliphatic carbocycles. The number of nitrogens with two attached hydrogens (primary N) is 2. The Bertz CT molecular complexity index is 1390. The number of nitrogens with zero attached hydrogens (tertiary/aromatic N) is 3. The van der Waals surface area contributed by atoms with Crippen LogP contribution in [0.3, 0.4) is 0 Å². The molecular weight excluding hydrogens is 468 g/mol. The van der Waals surface area contributed by atoms with Gasteiger partial charge in [-0.3, -0.25) is 4.72 Å². The second kappa shape index (κ2) is 10.7. The molecule has 1 unspecified atom stereocenters. The summed E-state index contributed by atoms with van der Waals surface area (Å²) in [5, 5.41) is 6.98. The molecule has 4 aromatic rings. The van der Waals surface area contributed by atoms with Crippen LogP contribution in [0.4, 0.5) is 17.3 Å². The third-order valence-electron chi connectivity index (χ3n) is 4.90. The van der Waals surface area contributed by atoms with Crippen LogP contribution >= 0.6 is 0 Å². The standard InChI is InChI=1S/C23H24N8O3S/c1-33-16-11-15(12-17(13-16)34-2)26-22-23(28-20-9-4-3-8-19(20)27-22)30-35(32)18-7-5-6-14(10-18)21(24)29-31-25/h3-13,31H,25H2,1-2H3,(H2,24,29)(H,26,27)(H,28,30). The number of methoxy groups -OCH3 is 2. The maximum atomic E-state index is 13.2. The molecule has 3 aromatic carbocycles. The summed E-state index contributed by atoms with van der Waals surface area (Å²) < 4.78 is 26.9. The number of nitrogens with one attached hydrogen (secondary N) is 3. The minimum absolute atomic E-state index is 0.158. The highest BCUT2D eigenvalue weighted by molar-refractivity contribution is 7.86. The van der Waals surface area contributed by atoms with E-state index in [0.717, 1.165) is 0 Å². The van der Waals surface area contributed by atoms with E-state index < -0.39 is 11.0 Å². The molecule has 0 saturated heterocycles. The molecule has 0 saturated carbocycles. The van der Waals surface area contributed by atoms with Crippen LogP contribution in [0.15, 0.2) is 76.7 Å². The van der Waals surface area contributed by atoms with Gasteiger partial charge < -0.3 is 20.5 Å². The Balaban J connectivity index is 1.71. The number of ether oxygens (including phenoxy) is 2. The highest BCUT2D eigenvalue weighted by Crippen LogP contribution is 2.31. The van der Waals surface area contributed by atoms with Gasteiger partial charge in [-0.2, -0.15) is 0 Å². The zero-order valence-electron chi connectivity index (χ0n) is 19.0. The summed E-state index contributed by atoms with van der Waals surface area (Å²) in [5.41, 5.74) is 10.5. The minimum Gasteiger partial charge on any atom is -0.497 e. The first-order chi connectivity index (χ1) is 17.0. The quantitative estimate of drug-likeness (QED) is 0.102. The van der Waals surface area contributed by atoms with Crippen molar-refractivity contribution in [2.24, 2.45) is 16.7 Å². The van der Waals surface area contributed by atoms with Crippen LogP contribution in [-0.4, -0.2) is 34.2 Å². The first-order valence-corrected chi connectivity index (χ1v) is 11.5. The summed E-state index contributed by atoms with van der Waals surface area (Å²) in [4.78, 5) is 9.79. The smallest absolute Gasteiger partial charge is 0.182 e. The molecule has 11 nitrogen and oxygen atoms in total. The van der Waals surface area contributed by atoms with Crippen molar-refractivity contribution in [1.82, 2.24) is 15.5 Å². The fraction of sp³-hybridized carbons (Fsp3) is 0.0870. The van der Waals surface area contributed by atoms with Gasteiger partial charge in [0, 0.05) is 29.4 Å². The van der Waals surface area contributed by atoms with E-state index in [1.807, 2.05) is 24.3 Å². The fourth-order valence-corrected chi connectivity index (χ4v) is 4.10. The molecule has 12 heteroatoms. The van der Waals surface area contributed by atoms with E-state index in [2.05, 4.69) is 30.6 Å². The number of benzene rings is 3. The fourth-order valence-electron chi connectivity index (χ4n) is 3.23. The lowest BCUT2D eigenvalue weighted by Gasteiger charge is -2.15. The zero-order valence-corrected chi connectivity index (χ0v) is 19.8. The Hall–Kier alpha value is -4.42. The predicted molar refractivity (Wildman–Crippen MR) is 137 cm³/mol. The van der Waals surface area contributed by atoms with Crippen molar-refractivity contribution >= 4 is 45.2 Å². The molecule has 1 atom stereocenters. The number of rotatable bonds is 9. The first-order valence-electron chi connectivity index (χ1n) is 10.3. The molecule has 0 aliphatic rings. The predicted octanol–water partition coefficient (Wildman–Crippen LogP) is 2.61. The number of amidine groups is 1. The second-order valence-electron chi connectivity index (χ2n) is 7.16. The Kier molecular flexibility index (Phi) is 7.24. The van der Waals surface area contributed by atoms with Gasteiger partial charge in [-0.15, -0.1) is 5.10 Å². The van der Waals surface area contributed by atoms with Crippen molar-refractivity contribution in [2.45, 2.75) is 4.90 Å². The maximum absolute atomic E-state index is 13.2. The van der Waals surface area contributed by atoms with Crippen molar-refractivity contribution in [3.8, 4) is 11.5 Å². The lowest BCUT2D eigenvalue weighted by molar-refractivity contribution is 0.395. The number of hydrazone groups is 1. The minimum atomic E-state index is -1.69. The summed E-state index contributed by atoms with van der Waals surface area (Å²) in [7, 11) is 1.45. The molecule has 1 heterocycles. The van der Waals surface area contributed by atoms with Gasteiger partial charge in [-0.1, -0.05) is 24.3 Å². The third kappa shape index (κ3) is 5.57. The lowest BCUT2D eigenvalue weighted by atomic mass is 10.2. The van der Waals surface area contributed by atoms with E-state index in [-0.39, 0.29) is 5.84 Å². The summed E-state index contributed by atoms with van der Waals surface area (Å²) in [6.07, 6.45) is 0. The monoisotopic (exact) mass is 492 g/mol. The Morgan fingerprint density at radius 2 is 1.57 bits per heavy atom. The largest absolute Gasteiger partial charge is 0.497 e. The Morgan fingerprint density at radius 3 is 2.20 bits per heavy atom. The van der Waals surface area contributed by atoms with Crippen molar-refractivity contribution in [3.05, 3.63) is 72.3 Å². The molecule has 0 bridgehead atoms. The van der Waals surface area contributed by atoms with Crippen molar-refractivity contribution < 1.29 is 13.7 Å². The van der Waals surface area contributed by atoms with Gasteiger partial charge in [0.15, 0.2) is 28.5 Å². The number of hydrogen-bond donors (Lipinski definition) is 5. The van der Waals surface area contributed by atoms with Crippen LogP contribution in [-0.2, 0) is 11.0 Å². The Labute approximate surface area is 204 Å². The van der Waals surface area contributed by atoms with Crippen LogP contribution in [0, 0.1) is 0 Å². The van der Waals surface area contributed by atoms with Crippen LogP contribution in [0.1, 0.15) is 5.56 Å². The molecular formula is C23H24N8O3S. The first kappa shape index (κ1) is 23.7. The average molecular weight is 493 g/mol. The molecule has 7 N–H and O–H groups in total. The molecule has 0 radical (unpaired) electrons. The molecule has 0 spiro atoms. The number of hydrogen-bond acceptors (Lipinski definition) is 9. The van der Waals surface area contributed by atoms with Gasteiger partial charge in [-0.05, 0) is 24.3 Å².